The van der Waals surface area contributed by atoms with Crippen molar-refractivity contribution in [3.8, 4) is 0 Å². The molecule has 0 aromatic heterocycles. The molecule has 2 rings (SSSR count). The molecular formula is C13H20O3. The molecule has 0 radical (unpaired) electrons. The molecule has 2 aliphatic rings. The van der Waals surface area contributed by atoms with Crippen LogP contribution >= 0.6 is 0 Å². The Bertz CT molecular complexity index is 277. The second-order valence-corrected chi connectivity index (χ2v) is 4.76. The van der Waals surface area contributed by atoms with Gasteiger partial charge in [-0.3, -0.25) is 0 Å². The van der Waals surface area contributed by atoms with Crippen LogP contribution < -0.4 is 0 Å². The van der Waals surface area contributed by atoms with Crippen LogP contribution in [0.1, 0.15) is 44.9 Å². The van der Waals surface area contributed by atoms with Crippen LogP contribution in [0.5, 0.6) is 0 Å². The van der Waals surface area contributed by atoms with Gasteiger partial charge in [0.2, 0.25) is 0 Å². The average Bonchev–Trinajstić information content (AvgIpc) is 2.68. The van der Waals surface area contributed by atoms with Gasteiger partial charge < -0.3 is 9.47 Å². The molecule has 90 valence electrons. The van der Waals surface area contributed by atoms with Crippen molar-refractivity contribution in [1.29, 1.82) is 0 Å². The van der Waals surface area contributed by atoms with Gasteiger partial charge in [0.05, 0.1) is 13.2 Å². The van der Waals surface area contributed by atoms with E-state index in [9.17, 15) is 4.79 Å². The van der Waals surface area contributed by atoms with Crippen molar-refractivity contribution in [2.75, 3.05) is 7.11 Å². The summed E-state index contributed by atoms with van der Waals surface area (Å²) in [5.41, 5.74) is 0. The van der Waals surface area contributed by atoms with E-state index in [0.29, 0.717) is 5.76 Å². The lowest BCUT2D eigenvalue weighted by atomic mass is 9.85. The molecular weight excluding hydrogens is 204 g/mol. The third-order valence-electron chi connectivity index (χ3n) is 3.63. The van der Waals surface area contributed by atoms with Gasteiger partial charge in [0, 0.05) is 0 Å². The lowest BCUT2D eigenvalue weighted by Crippen LogP contribution is -2.16. The quantitative estimate of drug-likeness (QED) is 0.689. The maximum atomic E-state index is 11.1. The largest absolute Gasteiger partial charge is 0.497 e. The number of ether oxygens (including phenoxy) is 2. The first-order chi connectivity index (χ1) is 7.79. The highest BCUT2D eigenvalue weighted by molar-refractivity contribution is 5.85. The fourth-order valence-electron chi connectivity index (χ4n) is 2.70. The Hall–Kier alpha value is -0.990. The van der Waals surface area contributed by atoms with Crippen LogP contribution in [0.3, 0.4) is 0 Å². The van der Waals surface area contributed by atoms with Crippen LogP contribution in [0.15, 0.2) is 11.8 Å². The van der Waals surface area contributed by atoms with Crippen molar-refractivity contribution in [1.82, 2.24) is 0 Å². The number of rotatable bonds is 4. The normalized spacial score (nSPS) is 26.4. The number of hydrogen-bond acceptors (Lipinski definition) is 3. The van der Waals surface area contributed by atoms with Gasteiger partial charge in [0.25, 0.3) is 0 Å². The average molecular weight is 224 g/mol. The minimum absolute atomic E-state index is 0.126. The Labute approximate surface area is 96.8 Å². The Balaban J connectivity index is 1.77. The topological polar surface area (TPSA) is 35.5 Å². The molecule has 0 spiro atoms. The van der Waals surface area contributed by atoms with Crippen LogP contribution in [0.25, 0.3) is 0 Å². The maximum Gasteiger partial charge on any atom is 0.335 e. The Morgan fingerprint density at radius 3 is 2.75 bits per heavy atom. The van der Waals surface area contributed by atoms with E-state index >= 15 is 0 Å². The highest BCUT2D eigenvalue weighted by atomic mass is 16.6. The summed E-state index contributed by atoms with van der Waals surface area (Å²) in [5.74, 6) is 1.26. The summed E-state index contributed by atoms with van der Waals surface area (Å²) >= 11 is 0. The predicted molar refractivity (Wildman–Crippen MR) is 60.8 cm³/mol. The molecule has 3 heteroatoms. The molecule has 1 saturated carbocycles. The fourth-order valence-corrected chi connectivity index (χ4v) is 2.70. The molecule has 1 heterocycles. The van der Waals surface area contributed by atoms with E-state index in [-0.39, 0.29) is 12.1 Å². The highest BCUT2D eigenvalue weighted by Crippen LogP contribution is 2.30. The third kappa shape index (κ3) is 2.77. The zero-order valence-electron chi connectivity index (χ0n) is 9.91. The Morgan fingerprint density at radius 1 is 1.31 bits per heavy atom. The van der Waals surface area contributed by atoms with Crippen molar-refractivity contribution in [3.63, 3.8) is 0 Å². The molecule has 3 nitrogen and oxygen atoms in total. The van der Waals surface area contributed by atoms with Gasteiger partial charge in [-0.1, -0.05) is 32.1 Å². The van der Waals surface area contributed by atoms with Gasteiger partial charge in [0.15, 0.2) is 6.10 Å². The van der Waals surface area contributed by atoms with E-state index in [0.717, 1.165) is 18.8 Å². The molecule has 0 bridgehead atoms. The van der Waals surface area contributed by atoms with Crippen molar-refractivity contribution < 1.29 is 14.3 Å². The Kier molecular flexibility index (Phi) is 3.86. The lowest BCUT2D eigenvalue weighted by molar-refractivity contribution is -0.139. The first-order valence-electron chi connectivity index (χ1n) is 6.26. The Morgan fingerprint density at radius 2 is 2.06 bits per heavy atom. The van der Waals surface area contributed by atoms with E-state index in [2.05, 4.69) is 0 Å². The molecule has 0 aromatic rings. The van der Waals surface area contributed by atoms with E-state index in [4.69, 9.17) is 9.47 Å². The minimum Gasteiger partial charge on any atom is -0.497 e. The first-order valence-corrected chi connectivity index (χ1v) is 6.26. The fraction of sp³-hybridized carbons (Fsp3) is 0.769. The molecule has 0 amide bonds. The van der Waals surface area contributed by atoms with Crippen LogP contribution in [0.2, 0.25) is 0 Å². The van der Waals surface area contributed by atoms with Crippen molar-refractivity contribution in [2.24, 2.45) is 5.92 Å². The van der Waals surface area contributed by atoms with Crippen molar-refractivity contribution in [2.45, 2.75) is 51.0 Å². The van der Waals surface area contributed by atoms with Gasteiger partial charge in [-0.25, -0.2) is 4.79 Å². The number of cyclic esters (lactones) is 1. The molecule has 16 heavy (non-hydrogen) atoms. The summed E-state index contributed by atoms with van der Waals surface area (Å²) in [7, 11) is 1.60. The minimum atomic E-state index is -0.259. The van der Waals surface area contributed by atoms with Crippen LogP contribution in [-0.4, -0.2) is 19.2 Å². The molecule has 1 unspecified atom stereocenters. The summed E-state index contributed by atoms with van der Waals surface area (Å²) in [5, 5.41) is 0. The molecule has 1 fully saturated rings. The number of esters is 1. The molecule has 0 N–H and O–H groups in total. The maximum absolute atomic E-state index is 11.1. The molecule has 0 aromatic carbocycles. The van der Waals surface area contributed by atoms with Gasteiger partial charge in [0.1, 0.15) is 5.76 Å². The number of carbonyl (C=O) groups excluding carboxylic acids is 1. The van der Waals surface area contributed by atoms with E-state index in [1.54, 1.807) is 7.11 Å². The highest BCUT2D eigenvalue weighted by Gasteiger charge is 2.27. The van der Waals surface area contributed by atoms with Crippen LogP contribution in [-0.2, 0) is 14.3 Å². The van der Waals surface area contributed by atoms with Gasteiger partial charge in [-0.2, -0.15) is 0 Å². The molecule has 1 atom stereocenters. The van der Waals surface area contributed by atoms with Gasteiger partial charge in [-0.05, 0) is 18.8 Å². The SMILES string of the molecule is COC1=CC(=O)OC1CCC1CCCCC1. The number of carbonyl (C=O) groups is 1. The summed E-state index contributed by atoms with van der Waals surface area (Å²) < 4.78 is 10.3. The zero-order chi connectivity index (χ0) is 11.4. The first kappa shape index (κ1) is 11.5. The number of methoxy groups -OCH3 is 1. The predicted octanol–water partition coefficient (Wildman–Crippen LogP) is 2.80. The molecule has 0 saturated heterocycles. The smallest absolute Gasteiger partial charge is 0.335 e. The zero-order valence-corrected chi connectivity index (χ0v) is 9.91. The van der Waals surface area contributed by atoms with Crippen molar-refractivity contribution >= 4 is 5.97 Å². The van der Waals surface area contributed by atoms with E-state index in [1.807, 2.05) is 0 Å². The second-order valence-electron chi connectivity index (χ2n) is 4.76. The summed E-state index contributed by atoms with van der Waals surface area (Å²) in [4.78, 5) is 11.1. The van der Waals surface area contributed by atoms with Crippen molar-refractivity contribution in [3.05, 3.63) is 11.8 Å². The van der Waals surface area contributed by atoms with Crippen LogP contribution in [0.4, 0.5) is 0 Å². The lowest BCUT2D eigenvalue weighted by Gasteiger charge is -2.23. The molecule has 1 aliphatic heterocycles. The van der Waals surface area contributed by atoms with E-state index in [1.165, 1.54) is 38.2 Å². The standard InChI is InChI=1S/C13H20O3/c1-15-12-9-13(14)16-11(12)8-7-10-5-3-2-4-6-10/h9-11H,2-8H2,1H3. The van der Waals surface area contributed by atoms with Crippen LogP contribution in [0, 0.1) is 5.92 Å². The van der Waals surface area contributed by atoms with Gasteiger partial charge >= 0.3 is 5.97 Å². The second kappa shape index (κ2) is 5.37. The summed E-state index contributed by atoms with van der Waals surface area (Å²) in [6.07, 6.45) is 10.2. The third-order valence-corrected chi connectivity index (χ3v) is 3.63. The van der Waals surface area contributed by atoms with E-state index < -0.39 is 0 Å². The monoisotopic (exact) mass is 224 g/mol. The summed E-state index contributed by atoms with van der Waals surface area (Å²) in [6, 6.07) is 0. The number of hydrogen-bond donors (Lipinski definition) is 0. The molecule has 1 aliphatic carbocycles. The van der Waals surface area contributed by atoms with Gasteiger partial charge in [-0.15, -0.1) is 0 Å². The summed E-state index contributed by atoms with van der Waals surface area (Å²) in [6.45, 7) is 0.